The summed E-state index contributed by atoms with van der Waals surface area (Å²) in [4.78, 5) is 12.6. The summed E-state index contributed by atoms with van der Waals surface area (Å²) in [6.45, 7) is 5.45. The highest BCUT2D eigenvalue weighted by Gasteiger charge is 2.42. The number of hydrogen-bond donors (Lipinski definition) is 1. The van der Waals surface area contributed by atoms with Crippen LogP contribution in [0.15, 0.2) is 4.47 Å². The van der Waals surface area contributed by atoms with Gasteiger partial charge in [-0.2, -0.15) is 5.10 Å². The second-order valence-electron chi connectivity index (χ2n) is 7.34. The van der Waals surface area contributed by atoms with E-state index in [2.05, 4.69) is 33.3 Å². The lowest BCUT2D eigenvalue weighted by Crippen LogP contribution is -2.43. The quantitative estimate of drug-likeness (QED) is 0.791. The van der Waals surface area contributed by atoms with Crippen molar-refractivity contribution in [3.63, 3.8) is 0 Å². The number of halogens is 3. The maximum absolute atomic E-state index is 13.0. The summed E-state index contributed by atoms with van der Waals surface area (Å²) >= 11 is 3.15. The highest BCUT2D eigenvalue weighted by atomic mass is 79.9. The molecule has 134 valence electrons. The molecule has 1 aromatic rings. The summed E-state index contributed by atoms with van der Waals surface area (Å²) < 4.78 is 27.6. The second-order valence-corrected chi connectivity index (χ2v) is 8.13. The van der Waals surface area contributed by atoms with Crippen LogP contribution in [-0.2, 0) is 4.79 Å². The summed E-state index contributed by atoms with van der Waals surface area (Å²) in [5.74, 6) is 1.94. The van der Waals surface area contributed by atoms with Gasteiger partial charge in [-0.3, -0.25) is 9.48 Å². The third-order valence-electron chi connectivity index (χ3n) is 5.86. The first-order valence-electron chi connectivity index (χ1n) is 8.62. The Labute approximate surface area is 149 Å². The van der Waals surface area contributed by atoms with E-state index in [1.54, 1.807) is 13.8 Å². The van der Waals surface area contributed by atoms with Gasteiger partial charge in [-0.1, -0.05) is 6.42 Å². The van der Waals surface area contributed by atoms with Gasteiger partial charge in [-0.25, -0.2) is 8.78 Å². The Kier molecular flexibility index (Phi) is 5.00. The molecule has 1 heterocycles. The number of fused-ring (bicyclic) bond motifs is 2. The lowest BCUT2D eigenvalue weighted by atomic mass is 9.84. The highest BCUT2D eigenvalue weighted by Crippen LogP contribution is 2.49. The summed E-state index contributed by atoms with van der Waals surface area (Å²) in [6, 6.07) is -0.501. The van der Waals surface area contributed by atoms with E-state index in [0.717, 1.165) is 11.8 Å². The molecule has 4 nitrogen and oxygen atoms in total. The molecule has 3 rings (SSSR count). The molecule has 2 fully saturated rings. The van der Waals surface area contributed by atoms with Crippen molar-refractivity contribution in [3.8, 4) is 0 Å². The number of aromatic nitrogens is 2. The van der Waals surface area contributed by atoms with E-state index in [1.807, 2.05) is 0 Å². The third kappa shape index (κ3) is 3.11. The van der Waals surface area contributed by atoms with E-state index in [9.17, 15) is 13.6 Å². The number of rotatable bonds is 5. The lowest BCUT2D eigenvalue weighted by Gasteiger charge is -2.29. The molecule has 0 saturated heterocycles. The Balaban J connectivity index is 1.68. The van der Waals surface area contributed by atoms with Gasteiger partial charge in [0.15, 0.2) is 0 Å². The monoisotopic (exact) mass is 403 g/mol. The fraction of sp³-hybridized carbons (Fsp3) is 0.765. The topological polar surface area (TPSA) is 46.9 Å². The third-order valence-corrected chi connectivity index (χ3v) is 6.84. The average Bonchev–Trinajstić information content (AvgIpc) is 3.22. The van der Waals surface area contributed by atoms with Crippen LogP contribution in [0, 0.1) is 24.7 Å². The first-order chi connectivity index (χ1) is 11.3. The van der Waals surface area contributed by atoms with Gasteiger partial charge in [0.2, 0.25) is 5.91 Å². The number of hydrogen-bond acceptors (Lipinski definition) is 2. The van der Waals surface area contributed by atoms with Crippen LogP contribution in [0.5, 0.6) is 0 Å². The van der Waals surface area contributed by atoms with Crippen molar-refractivity contribution in [2.45, 2.75) is 65.0 Å². The van der Waals surface area contributed by atoms with Crippen molar-refractivity contribution in [2.24, 2.45) is 17.8 Å². The Morgan fingerprint density at radius 1 is 1.33 bits per heavy atom. The van der Waals surface area contributed by atoms with Crippen molar-refractivity contribution in [1.29, 1.82) is 0 Å². The van der Waals surface area contributed by atoms with E-state index >= 15 is 0 Å². The normalized spacial score (nSPS) is 28.4. The smallest absolute Gasteiger partial charge is 0.283 e. The zero-order valence-electron chi connectivity index (χ0n) is 14.2. The Morgan fingerprint density at radius 2 is 2.04 bits per heavy atom. The zero-order valence-corrected chi connectivity index (χ0v) is 15.8. The molecule has 1 N–H and O–H groups in total. The molecule has 0 aliphatic heterocycles. The van der Waals surface area contributed by atoms with Crippen LogP contribution in [0.4, 0.5) is 8.78 Å². The molecule has 0 aromatic carbocycles. The van der Waals surface area contributed by atoms with Crippen molar-refractivity contribution in [1.82, 2.24) is 15.1 Å². The fourth-order valence-electron chi connectivity index (χ4n) is 4.51. The van der Waals surface area contributed by atoms with Gasteiger partial charge >= 0.3 is 0 Å². The first-order valence-corrected chi connectivity index (χ1v) is 9.41. The zero-order chi connectivity index (χ0) is 17.6. The molecule has 2 saturated carbocycles. The molecular formula is C17H24BrF2N3O. The minimum absolute atomic E-state index is 0.115. The summed E-state index contributed by atoms with van der Waals surface area (Å²) in [5, 5.41) is 7.02. The number of carbonyl (C=O) groups excluding carboxylic acids is 1. The fourth-order valence-corrected chi connectivity index (χ4v) is 4.94. The van der Waals surface area contributed by atoms with Crippen molar-refractivity contribution in [2.75, 3.05) is 0 Å². The number of nitrogens with one attached hydrogen (secondary N) is 1. The molecule has 1 amide bonds. The van der Waals surface area contributed by atoms with E-state index in [4.69, 9.17) is 0 Å². The summed E-state index contributed by atoms with van der Waals surface area (Å²) in [7, 11) is 0. The van der Waals surface area contributed by atoms with Crippen LogP contribution >= 0.6 is 15.9 Å². The molecule has 2 aliphatic rings. The molecule has 0 unspecified atom stereocenters. The van der Waals surface area contributed by atoms with E-state index in [-0.39, 0.29) is 22.1 Å². The summed E-state index contributed by atoms with van der Waals surface area (Å²) in [5.41, 5.74) is 0.230. The van der Waals surface area contributed by atoms with Crippen LogP contribution in [0.3, 0.4) is 0 Å². The lowest BCUT2D eigenvalue weighted by molar-refractivity contribution is -0.125. The van der Waals surface area contributed by atoms with Crippen LogP contribution < -0.4 is 5.32 Å². The Bertz CT molecular complexity index is 634. The minimum Gasteiger partial charge on any atom is -0.352 e. The predicted octanol–water partition coefficient (Wildman–Crippen LogP) is 4.39. The number of carbonyl (C=O) groups is 1. The van der Waals surface area contributed by atoms with Gasteiger partial charge in [-0.15, -0.1) is 0 Å². The molecule has 2 bridgehead atoms. The van der Waals surface area contributed by atoms with Gasteiger partial charge in [0.1, 0.15) is 11.7 Å². The van der Waals surface area contributed by atoms with E-state index < -0.39 is 12.5 Å². The Hall–Kier alpha value is -0.980. The van der Waals surface area contributed by atoms with Crippen LogP contribution in [0.2, 0.25) is 0 Å². The maximum atomic E-state index is 13.0. The van der Waals surface area contributed by atoms with Crippen molar-refractivity contribution >= 4 is 21.8 Å². The largest absolute Gasteiger partial charge is 0.352 e. The first kappa shape index (κ1) is 17.8. The van der Waals surface area contributed by atoms with Gasteiger partial charge < -0.3 is 5.32 Å². The SMILES string of the molecule is Cc1c(Br)c(C(F)F)nn1[C@H](C)C(=O)N[C@H](C)[C@H]1C[C@H]2CC[C@H]1C2. The molecule has 5 atom stereocenters. The molecule has 1 aromatic heterocycles. The predicted molar refractivity (Wildman–Crippen MR) is 90.9 cm³/mol. The number of nitrogens with zero attached hydrogens (tertiary/aromatic N) is 2. The standard InChI is InChI=1S/C17H24BrF2N3O/c1-8(13-7-11-4-5-12(13)6-11)21-17(24)10(3)23-9(2)14(18)15(22-23)16(19)20/h8,10-13,16H,4-7H2,1-3H3,(H,21,24)/t8-,10-,11+,12+,13-/m1/s1. The molecule has 0 spiro atoms. The summed E-state index contributed by atoms with van der Waals surface area (Å²) in [6.07, 6.45) is 2.43. The van der Waals surface area contributed by atoms with Crippen LogP contribution in [0.25, 0.3) is 0 Å². The molecular weight excluding hydrogens is 380 g/mol. The highest BCUT2D eigenvalue weighted by molar-refractivity contribution is 9.10. The molecule has 24 heavy (non-hydrogen) atoms. The van der Waals surface area contributed by atoms with Crippen LogP contribution in [-0.4, -0.2) is 21.7 Å². The second kappa shape index (κ2) is 6.73. The van der Waals surface area contributed by atoms with E-state index in [1.165, 1.54) is 30.4 Å². The van der Waals surface area contributed by atoms with Gasteiger partial charge in [0.05, 0.1) is 10.2 Å². The van der Waals surface area contributed by atoms with Crippen LogP contribution in [0.1, 0.15) is 63.4 Å². The Morgan fingerprint density at radius 3 is 2.54 bits per heavy atom. The number of alkyl halides is 2. The average molecular weight is 404 g/mol. The van der Waals surface area contributed by atoms with Gasteiger partial charge in [0.25, 0.3) is 6.43 Å². The van der Waals surface area contributed by atoms with Crippen molar-refractivity contribution in [3.05, 3.63) is 15.9 Å². The van der Waals surface area contributed by atoms with E-state index in [0.29, 0.717) is 11.6 Å². The molecule has 2 aliphatic carbocycles. The molecule has 7 heteroatoms. The minimum atomic E-state index is -2.66. The maximum Gasteiger partial charge on any atom is 0.283 e. The number of amides is 1. The molecule has 0 radical (unpaired) electrons. The van der Waals surface area contributed by atoms with Crippen molar-refractivity contribution < 1.29 is 13.6 Å². The van der Waals surface area contributed by atoms with Gasteiger partial charge in [0, 0.05) is 6.04 Å². The van der Waals surface area contributed by atoms with Gasteiger partial charge in [-0.05, 0) is 73.7 Å².